The number of carbonyl (C=O) groups is 2. The highest BCUT2D eigenvalue weighted by molar-refractivity contribution is 14.1. The first-order valence-electron chi connectivity index (χ1n) is 13.0. The van der Waals surface area contributed by atoms with Crippen LogP contribution in [0.4, 0.5) is 36.4 Å². The predicted molar refractivity (Wildman–Crippen MR) is 159 cm³/mol. The molecule has 0 aliphatic carbocycles. The maximum absolute atomic E-state index is 14.2. The third-order valence-corrected chi connectivity index (χ3v) is 7.03. The molecule has 246 valence electrons. The highest BCUT2D eigenvalue weighted by Crippen LogP contribution is 2.51. The normalized spacial score (nSPS) is 12.7. The Morgan fingerprint density at radius 1 is 1.00 bits per heavy atom. The predicted octanol–water partition coefficient (Wildman–Crippen LogP) is 6.54. The lowest BCUT2D eigenvalue weighted by molar-refractivity contribution is -0.360. The molecule has 0 spiro atoms. The van der Waals surface area contributed by atoms with Gasteiger partial charge in [-0.15, -0.1) is 0 Å². The molecule has 0 unspecified atom stereocenters. The minimum atomic E-state index is -6.56. The van der Waals surface area contributed by atoms with Gasteiger partial charge in [0.2, 0.25) is 0 Å². The third kappa shape index (κ3) is 7.11. The molecule has 0 bridgehead atoms. The van der Waals surface area contributed by atoms with Gasteiger partial charge in [0.05, 0.1) is 28.2 Å². The Kier molecular flexibility index (Phi) is 9.46. The topological polar surface area (TPSA) is 120 Å². The van der Waals surface area contributed by atoms with Gasteiger partial charge in [0, 0.05) is 15.3 Å². The van der Waals surface area contributed by atoms with Crippen molar-refractivity contribution in [2.45, 2.75) is 57.8 Å². The summed E-state index contributed by atoms with van der Waals surface area (Å²) in [5.74, 6) is -13.5. The van der Waals surface area contributed by atoms with Crippen LogP contribution in [0.2, 0.25) is 5.02 Å². The number of hydrogen-bond donors (Lipinski definition) is 2. The van der Waals surface area contributed by atoms with Gasteiger partial charge in [-0.05, 0) is 86.2 Å². The summed E-state index contributed by atoms with van der Waals surface area (Å²) in [7, 11) is 0. The van der Waals surface area contributed by atoms with E-state index in [1.54, 1.807) is 39.8 Å². The van der Waals surface area contributed by atoms with Crippen LogP contribution in [0.3, 0.4) is 0 Å². The van der Waals surface area contributed by atoms with Crippen LogP contribution in [0.25, 0.3) is 5.82 Å². The van der Waals surface area contributed by atoms with Crippen molar-refractivity contribution in [3.8, 4) is 5.82 Å². The average molecular weight is 787 g/mol. The van der Waals surface area contributed by atoms with Crippen LogP contribution in [0, 0.1) is 10.5 Å². The molecule has 3 aromatic heterocycles. The second kappa shape index (κ2) is 12.4. The fourth-order valence-electron chi connectivity index (χ4n) is 4.04. The zero-order valence-electron chi connectivity index (χ0n) is 24.2. The molecule has 19 heteroatoms. The maximum atomic E-state index is 14.2. The number of nitrogens with one attached hydrogen (secondary N) is 2. The number of aromatic nitrogens is 6. The molecule has 0 fully saturated rings. The molecule has 0 radical (unpaired) electrons. The molecule has 10 nitrogen and oxygen atoms in total. The largest absolute Gasteiger partial charge is 0.460 e. The van der Waals surface area contributed by atoms with E-state index in [4.69, 9.17) is 11.6 Å². The summed E-state index contributed by atoms with van der Waals surface area (Å²) >= 11 is 8.30. The first-order valence-corrected chi connectivity index (χ1v) is 14.4. The highest BCUT2D eigenvalue weighted by Gasteiger charge is 2.74. The summed E-state index contributed by atoms with van der Waals surface area (Å²) in [5.41, 5.74) is -2.04. The van der Waals surface area contributed by atoms with Crippen molar-refractivity contribution in [1.82, 2.24) is 35.1 Å². The summed E-state index contributed by atoms with van der Waals surface area (Å²) < 4.78 is 95.0. The van der Waals surface area contributed by atoms with Crippen molar-refractivity contribution < 1.29 is 40.3 Å². The molecule has 3 heterocycles. The number of carbonyl (C=O) groups excluding carboxylic acids is 2. The number of hydrogen-bond acceptors (Lipinski definition) is 6. The van der Waals surface area contributed by atoms with Gasteiger partial charge in [0.25, 0.3) is 11.8 Å². The lowest BCUT2D eigenvalue weighted by Crippen LogP contribution is -2.50. The van der Waals surface area contributed by atoms with E-state index in [9.17, 15) is 40.3 Å². The maximum Gasteiger partial charge on any atom is 0.460 e. The summed E-state index contributed by atoms with van der Waals surface area (Å²) in [6, 6.07) is 7.39. The monoisotopic (exact) mass is 786 g/mol. The molecule has 46 heavy (non-hydrogen) atoms. The molecule has 0 aliphatic rings. The SMILES string of the molecule is Cc1cc(I)cc(C(=O)NC(C)(C)C)c1NC(=O)c1cc(Cn2ncc(C(F)(F)C(F)(F)C(F)(F)F)n2)nn1-c1ncccc1Cl. The van der Waals surface area contributed by atoms with Gasteiger partial charge in [-0.3, -0.25) is 9.59 Å². The van der Waals surface area contributed by atoms with Crippen molar-refractivity contribution in [3.63, 3.8) is 0 Å². The average Bonchev–Trinajstić information content (AvgIpc) is 3.56. The molecular formula is C27H23ClF7IN8O2. The molecular weight excluding hydrogens is 764 g/mol. The van der Waals surface area contributed by atoms with Gasteiger partial charge in [0.15, 0.2) is 11.5 Å². The number of pyridine rings is 1. The van der Waals surface area contributed by atoms with Gasteiger partial charge >= 0.3 is 18.0 Å². The molecule has 4 aromatic rings. The van der Waals surface area contributed by atoms with E-state index in [2.05, 4.69) is 30.9 Å². The van der Waals surface area contributed by atoms with Crippen LogP contribution in [-0.2, 0) is 12.5 Å². The van der Waals surface area contributed by atoms with Crippen LogP contribution < -0.4 is 10.6 Å². The Hall–Kier alpha value is -3.81. The lowest BCUT2D eigenvalue weighted by Gasteiger charge is -2.26. The molecule has 1 aromatic carbocycles. The van der Waals surface area contributed by atoms with Crippen molar-refractivity contribution in [2.24, 2.45) is 0 Å². The minimum absolute atomic E-state index is 0.0374. The highest BCUT2D eigenvalue weighted by atomic mass is 127. The molecule has 2 amide bonds. The van der Waals surface area contributed by atoms with E-state index < -0.39 is 47.6 Å². The van der Waals surface area contributed by atoms with Gasteiger partial charge in [-0.25, -0.2) is 9.67 Å². The third-order valence-electron chi connectivity index (χ3n) is 6.12. The fraction of sp³-hybridized carbons (Fsp3) is 0.333. The van der Waals surface area contributed by atoms with Gasteiger partial charge < -0.3 is 10.6 Å². The van der Waals surface area contributed by atoms with Gasteiger partial charge in [-0.1, -0.05) is 11.6 Å². The Morgan fingerprint density at radius 3 is 2.28 bits per heavy atom. The first-order chi connectivity index (χ1) is 21.1. The zero-order chi connectivity index (χ0) is 34.4. The summed E-state index contributed by atoms with van der Waals surface area (Å²) in [5, 5.41) is 16.3. The summed E-state index contributed by atoms with van der Waals surface area (Å²) in [4.78, 5) is 31.4. The van der Waals surface area contributed by atoms with E-state index in [1.165, 1.54) is 18.3 Å². The second-order valence-corrected chi connectivity index (χ2v) is 12.6. The molecule has 0 saturated heterocycles. The smallest absolute Gasteiger partial charge is 0.347 e. The quantitative estimate of drug-likeness (QED) is 0.155. The number of alkyl halides is 7. The van der Waals surface area contributed by atoms with Crippen molar-refractivity contribution in [2.75, 3.05) is 5.32 Å². The van der Waals surface area contributed by atoms with Crippen molar-refractivity contribution in [1.29, 1.82) is 0 Å². The van der Waals surface area contributed by atoms with Gasteiger partial charge in [-0.2, -0.15) is 50.8 Å². The lowest BCUT2D eigenvalue weighted by atomic mass is 10.0. The number of anilines is 1. The molecule has 4 rings (SSSR count). The Morgan fingerprint density at radius 2 is 1.67 bits per heavy atom. The van der Waals surface area contributed by atoms with Crippen LogP contribution in [-0.4, -0.2) is 59.2 Å². The molecule has 0 atom stereocenters. The first kappa shape index (κ1) is 35.1. The van der Waals surface area contributed by atoms with Crippen molar-refractivity contribution >= 4 is 51.7 Å². The van der Waals surface area contributed by atoms with Crippen LogP contribution in [0.1, 0.15) is 58.6 Å². The van der Waals surface area contributed by atoms with Crippen molar-refractivity contribution in [3.05, 3.63) is 79.5 Å². The van der Waals surface area contributed by atoms with Crippen LogP contribution in [0.5, 0.6) is 0 Å². The standard InChI is InChI=1S/C27H23ClF7IN8O2/c1-13-8-14(36)9-16(22(45)40-24(2,3)4)20(13)39-23(46)18-10-15(41-44(18)21-17(28)6-5-7-37-21)12-43-38-11-19(42-43)25(29,30)26(31,32)27(33,34)35/h5-11H,12H2,1-4H3,(H,39,46)(H,40,45). The van der Waals surface area contributed by atoms with Gasteiger partial charge in [0.1, 0.15) is 12.2 Å². The number of halogens is 9. The summed E-state index contributed by atoms with van der Waals surface area (Å²) in [6.45, 7) is 6.36. The molecule has 0 aliphatic heterocycles. The number of amides is 2. The van der Waals surface area contributed by atoms with Crippen LogP contribution in [0.15, 0.2) is 42.7 Å². The van der Waals surface area contributed by atoms with E-state index in [0.717, 1.165) is 10.7 Å². The number of aryl methyl sites for hydroxylation is 1. The summed E-state index contributed by atoms with van der Waals surface area (Å²) in [6.07, 6.45) is -5.15. The van der Waals surface area contributed by atoms with E-state index >= 15 is 0 Å². The molecule has 2 N–H and O–H groups in total. The zero-order valence-corrected chi connectivity index (χ0v) is 27.1. The number of nitrogens with zero attached hydrogens (tertiary/aromatic N) is 6. The van der Waals surface area contributed by atoms with Crippen LogP contribution >= 0.6 is 34.2 Å². The Bertz CT molecular complexity index is 1800. The number of benzene rings is 1. The van der Waals surface area contributed by atoms with E-state index in [0.29, 0.717) is 13.9 Å². The Labute approximate surface area is 274 Å². The second-order valence-electron chi connectivity index (χ2n) is 11.0. The fourth-order valence-corrected chi connectivity index (χ4v) is 5.02. The minimum Gasteiger partial charge on any atom is -0.347 e. The molecule has 0 saturated carbocycles. The van der Waals surface area contributed by atoms with E-state index in [1.807, 2.05) is 22.6 Å². The van der Waals surface area contributed by atoms with E-state index in [-0.39, 0.29) is 39.7 Å². The number of rotatable bonds is 8. The Balaban J connectivity index is 1.73.